The fourth-order valence-electron chi connectivity index (χ4n) is 4.13. The Morgan fingerprint density at radius 2 is 1.76 bits per heavy atom. The van der Waals surface area contributed by atoms with E-state index in [1.165, 1.54) is 24.3 Å². The minimum Gasteiger partial charge on any atom is -0.488 e. The molecule has 1 aliphatic rings. The number of carbonyl (C=O) groups is 3. The average molecular weight is 634 g/mol. The molecule has 1 saturated heterocycles. The summed E-state index contributed by atoms with van der Waals surface area (Å²) in [5.41, 5.74) is 1.81. The third-order valence-corrected chi connectivity index (χ3v) is 7.11. The van der Waals surface area contributed by atoms with Crippen molar-refractivity contribution in [1.29, 1.82) is 0 Å². The number of hydrogen-bond acceptors (Lipinski definition) is 5. The number of aromatic carboxylic acids is 1. The molecule has 0 bridgehead atoms. The van der Waals surface area contributed by atoms with Crippen molar-refractivity contribution in [2.45, 2.75) is 6.61 Å². The maximum absolute atomic E-state index is 13.3. The van der Waals surface area contributed by atoms with Crippen molar-refractivity contribution in [3.8, 4) is 5.75 Å². The van der Waals surface area contributed by atoms with Crippen LogP contribution >= 0.6 is 34.8 Å². The number of nitrogens with one attached hydrogen (secondary N) is 1. The Hall–Kier alpha value is -4.09. The van der Waals surface area contributed by atoms with E-state index in [4.69, 9.17) is 17.0 Å². The van der Waals surface area contributed by atoms with Gasteiger partial charge in [-0.05, 0) is 93.1 Å². The number of carboxylic acid groups (broad SMARTS) is 1. The minimum atomic E-state index is -1.14. The monoisotopic (exact) mass is 634 g/mol. The molecule has 0 aliphatic carbocycles. The number of nitrogens with zero attached hydrogens (tertiary/aromatic N) is 1. The third-order valence-electron chi connectivity index (χ3n) is 5.98. The number of fused-ring (bicyclic) bond motifs is 1. The lowest BCUT2D eigenvalue weighted by Crippen LogP contribution is -2.54. The second-order valence-electron chi connectivity index (χ2n) is 8.43. The summed E-state index contributed by atoms with van der Waals surface area (Å²) in [6.45, 7) is 0.389. The minimum absolute atomic E-state index is 0.00540. The first-order valence-corrected chi connectivity index (χ1v) is 12.9. The molecule has 38 heavy (non-hydrogen) atoms. The molecule has 1 fully saturated rings. The van der Waals surface area contributed by atoms with Crippen LogP contribution in [-0.2, 0) is 16.2 Å². The van der Waals surface area contributed by atoms with Gasteiger partial charge in [0.2, 0.25) is 0 Å². The molecule has 2 N–H and O–H groups in total. The van der Waals surface area contributed by atoms with E-state index in [0.717, 1.165) is 24.8 Å². The van der Waals surface area contributed by atoms with Crippen LogP contribution in [0.1, 0.15) is 21.5 Å². The number of carboxylic acids is 1. The van der Waals surface area contributed by atoms with E-state index in [1.807, 2.05) is 30.3 Å². The number of rotatable bonds is 6. The van der Waals surface area contributed by atoms with Crippen molar-refractivity contribution < 1.29 is 24.2 Å². The molecular formula is C29H19IN2O5S. The maximum Gasteiger partial charge on any atom is 0.335 e. The molecule has 0 aromatic heterocycles. The normalized spacial score (nSPS) is 14.6. The summed E-state index contributed by atoms with van der Waals surface area (Å²) >= 11 is 7.36. The molecule has 0 atom stereocenters. The van der Waals surface area contributed by atoms with Crippen LogP contribution in [0.3, 0.4) is 0 Å². The lowest BCUT2D eigenvalue weighted by molar-refractivity contribution is -0.122. The Labute approximate surface area is 236 Å². The molecule has 4 aromatic rings. The molecule has 5 rings (SSSR count). The zero-order valence-corrected chi connectivity index (χ0v) is 22.7. The highest BCUT2D eigenvalue weighted by molar-refractivity contribution is 14.1. The number of anilines is 1. The molecule has 9 heteroatoms. The molecule has 1 heterocycles. The molecule has 4 aromatic carbocycles. The number of amides is 2. The predicted molar refractivity (Wildman–Crippen MR) is 157 cm³/mol. The van der Waals surface area contributed by atoms with Crippen LogP contribution in [0.25, 0.3) is 16.8 Å². The van der Waals surface area contributed by atoms with E-state index in [1.54, 1.807) is 18.2 Å². The Kier molecular flexibility index (Phi) is 7.21. The van der Waals surface area contributed by atoms with E-state index in [0.29, 0.717) is 17.9 Å². The van der Waals surface area contributed by atoms with Gasteiger partial charge in [0.05, 0.1) is 14.8 Å². The van der Waals surface area contributed by atoms with Gasteiger partial charge < -0.3 is 9.84 Å². The summed E-state index contributed by atoms with van der Waals surface area (Å²) in [5.74, 6) is -1.74. The van der Waals surface area contributed by atoms with Crippen molar-refractivity contribution in [3.63, 3.8) is 0 Å². The highest BCUT2D eigenvalue weighted by atomic mass is 127. The maximum atomic E-state index is 13.3. The van der Waals surface area contributed by atoms with Crippen molar-refractivity contribution in [2.24, 2.45) is 0 Å². The molecule has 0 saturated carbocycles. The van der Waals surface area contributed by atoms with Gasteiger partial charge in [-0.3, -0.25) is 19.8 Å². The lowest BCUT2D eigenvalue weighted by atomic mass is 10.1. The van der Waals surface area contributed by atoms with Crippen molar-refractivity contribution in [2.75, 3.05) is 4.90 Å². The summed E-state index contributed by atoms with van der Waals surface area (Å²) in [7, 11) is 0. The van der Waals surface area contributed by atoms with Crippen molar-refractivity contribution >= 4 is 80.2 Å². The smallest absolute Gasteiger partial charge is 0.335 e. The fraction of sp³-hybridized carbons (Fsp3) is 0.0345. The molecule has 2 amide bonds. The number of hydrogen-bond donors (Lipinski definition) is 2. The van der Waals surface area contributed by atoms with Gasteiger partial charge in [0.1, 0.15) is 17.9 Å². The summed E-state index contributed by atoms with van der Waals surface area (Å²) < 4.78 is 6.90. The van der Waals surface area contributed by atoms with Gasteiger partial charge >= 0.3 is 5.97 Å². The highest BCUT2D eigenvalue weighted by Crippen LogP contribution is 2.28. The van der Waals surface area contributed by atoms with E-state index < -0.39 is 17.8 Å². The lowest BCUT2D eigenvalue weighted by Gasteiger charge is -2.29. The Morgan fingerprint density at radius 3 is 2.55 bits per heavy atom. The van der Waals surface area contributed by atoms with Gasteiger partial charge in [-0.2, -0.15) is 0 Å². The average Bonchev–Trinajstić information content (AvgIpc) is 2.90. The van der Waals surface area contributed by atoms with Gasteiger partial charge in [-0.1, -0.05) is 54.6 Å². The first kappa shape index (κ1) is 25.6. The Balaban J connectivity index is 1.38. The van der Waals surface area contributed by atoms with Gasteiger partial charge in [-0.25, -0.2) is 4.79 Å². The van der Waals surface area contributed by atoms with E-state index in [-0.39, 0.29) is 21.9 Å². The summed E-state index contributed by atoms with van der Waals surface area (Å²) in [6.07, 6.45) is 1.48. The molecule has 0 unspecified atom stereocenters. The summed E-state index contributed by atoms with van der Waals surface area (Å²) in [5, 5.41) is 14.0. The zero-order valence-electron chi connectivity index (χ0n) is 19.7. The predicted octanol–water partition coefficient (Wildman–Crippen LogP) is 5.55. The quantitative estimate of drug-likeness (QED) is 0.125. The topological polar surface area (TPSA) is 95.9 Å². The van der Waals surface area contributed by atoms with E-state index in [9.17, 15) is 19.5 Å². The summed E-state index contributed by atoms with van der Waals surface area (Å²) in [4.78, 5) is 38.4. The number of thiocarbonyl (C=S) groups is 1. The SMILES string of the molecule is O=C1NC(=S)N(c2cccc(C(=O)O)c2)C(=O)C1=Cc1ccc(OCc2cccc3ccccc23)c(I)c1. The zero-order chi connectivity index (χ0) is 26.8. The van der Waals surface area contributed by atoms with Crippen molar-refractivity contribution in [1.82, 2.24) is 5.32 Å². The molecular weight excluding hydrogens is 615 g/mol. The van der Waals surface area contributed by atoms with Crippen LogP contribution in [-0.4, -0.2) is 28.0 Å². The third kappa shape index (κ3) is 5.15. The van der Waals surface area contributed by atoms with Crippen molar-refractivity contribution in [3.05, 3.63) is 111 Å². The molecule has 0 spiro atoms. The van der Waals surface area contributed by atoms with E-state index >= 15 is 0 Å². The van der Waals surface area contributed by atoms with Crippen LogP contribution in [0.2, 0.25) is 0 Å². The van der Waals surface area contributed by atoms with E-state index in [2.05, 4.69) is 46.1 Å². The van der Waals surface area contributed by atoms with Crippen LogP contribution in [0.5, 0.6) is 5.75 Å². The number of halogens is 1. The van der Waals surface area contributed by atoms with Gasteiger partial charge in [0.15, 0.2) is 5.11 Å². The Morgan fingerprint density at radius 1 is 1.00 bits per heavy atom. The number of carbonyl (C=O) groups excluding carboxylic acids is 2. The Bertz CT molecular complexity index is 1660. The second-order valence-corrected chi connectivity index (χ2v) is 9.98. The molecule has 1 aliphatic heterocycles. The molecule has 7 nitrogen and oxygen atoms in total. The van der Waals surface area contributed by atoms with Gasteiger partial charge in [0.25, 0.3) is 11.8 Å². The van der Waals surface area contributed by atoms with Crippen LogP contribution < -0.4 is 15.0 Å². The molecule has 188 valence electrons. The molecule has 0 radical (unpaired) electrons. The standard InChI is InChI=1S/C29H19IN2O5S/c30-24-14-17(11-12-25(24)37-16-20-8-3-6-18-5-1-2-10-22(18)20)13-23-26(33)31-29(38)32(27(23)34)21-9-4-7-19(15-21)28(35)36/h1-15H,16H2,(H,35,36)(H,31,33,38). The number of benzene rings is 4. The second kappa shape index (κ2) is 10.7. The van der Waals surface area contributed by atoms with Crippen LogP contribution in [0.15, 0.2) is 90.5 Å². The van der Waals surface area contributed by atoms with Crippen LogP contribution in [0, 0.1) is 3.57 Å². The first-order valence-electron chi connectivity index (χ1n) is 11.5. The largest absolute Gasteiger partial charge is 0.488 e. The first-order chi connectivity index (χ1) is 18.3. The van der Waals surface area contributed by atoms with Gasteiger partial charge in [0, 0.05) is 0 Å². The van der Waals surface area contributed by atoms with Gasteiger partial charge in [-0.15, -0.1) is 0 Å². The fourth-order valence-corrected chi connectivity index (χ4v) is 5.11. The van der Waals surface area contributed by atoms with Crippen LogP contribution in [0.4, 0.5) is 5.69 Å². The number of ether oxygens (including phenoxy) is 1. The highest BCUT2D eigenvalue weighted by Gasteiger charge is 2.34. The summed E-state index contributed by atoms with van der Waals surface area (Å²) in [6, 6.07) is 25.4.